The number of piperidine rings is 1. The van der Waals surface area contributed by atoms with Crippen molar-refractivity contribution in [3.63, 3.8) is 0 Å². The molecule has 0 spiro atoms. The van der Waals surface area contributed by atoms with Crippen molar-refractivity contribution in [2.24, 2.45) is 5.73 Å². The summed E-state index contributed by atoms with van der Waals surface area (Å²) in [7, 11) is 0. The van der Waals surface area contributed by atoms with Crippen LogP contribution >= 0.6 is 24.8 Å². The van der Waals surface area contributed by atoms with Gasteiger partial charge in [0.2, 0.25) is 5.91 Å². The maximum Gasteiger partial charge on any atom is 0.225 e. The molecular formula is C14H27Cl2N5O. The van der Waals surface area contributed by atoms with Gasteiger partial charge in [0, 0.05) is 25.6 Å². The van der Waals surface area contributed by atoms with Crippen LogP contribution in [0, 0.1) is 0 Å². The Kier molecular flexibility index (Phi) is 10.4. The van der Waals surface area contributed by atoms with Crippen LogP contribution in [0.4, 0.5) is 5.82 Å². The van der Waals surface area contributed by atoms with E-state index in [1.165, 1.54) is 0 Å². The normalized spacial score (nSPS) is 15.7. The highest BCUT2D eigenvalue weighted by Crippen LogP contribution is 2.25. The zero-order chi connectivity index (χ0) is 14.4. The summed E-state index contributed by atoms with van der Waals surface area (Å²) in [6.07, 6.45) is 5.11. The molecule has 8 heteroatoms. The van der Waals surface area contributed by atoms with Gasteiger partial charge in [0.15, 0.2) is 0 Å². The van der Waals surface area contributed by atoms with Crippen LogP contribution in [0.2, 0.25) is 0 Å². The Morgan fingerprint density at radius 2 is 2.09 bits per heavy atom. The summed E-state index contributed by atoms with van der Waals surface area (Å²) in [4.78, 5) is 14.2. The van der Waals surface area contributed by atoms with Crippen molar-refractivity contribution in [3.8, 4) is 0 Å². The molecule has 0 aromatic carbocycles. The van der Waals surface area contributed by atoms with Crippen molar-refractivity contribution in [1.82, 2.24) is 14.7 Å². The Morgan fingerprint density at radius 1 is 1.41 bits per heavy atom. The first kappa shape index (κ1) is 21.2. The van der Waals surface area contributed by atoms with Crippen LogP contribution in [0.1, 0.15) is 38.6 Å². The predicted molar refractivity (Wildman–Crippen MR) is 94.0 cm³/mol. The number of halogens is 2. The highest BCUT2D eigenvalue weighted by molar-refractivity contribution is 5.89. The number of anilines is 1. The van der Waals surface area contributed by atoms with E-state index in [2.05, 4.69) is 22.2 Å². The fourth-order valence-electron chi connectivity index (χ4n) is 2.65. The number of nitrogens with one attached hydrogen (secondary N) is 1. The Morgan fingerprint density at radius 3 is 2.68 bits per heavy atom. The molecule has 1 aliphatic rings. The van der Waals surface area contributed by atoms with Gasteiger partial charge >= 0.3 is 0 Å². The molecule has 22 heavy (non-hydrogen) atoms. The molecule has 1 aromatic heterocycles. The van der Waals surface area contributed by atoms with Gasteiger partial charge in [-0.05, 0) is 32.4 Å². The van der Waals surface area contributed by atoms with Gasteiger partial charge < -0.3 is 16.0 Å². The first-order chi connectivity index (χ1) is 9.74. The molecule has 0 aliphatic carbocycles. The third kappa shape index (κ3) is 5.76. The van der Waals surface area contributed by atoms with E-state index in [1.54, 1.807) is 6.20 Å². The molecule has 0 saturated carbocycles. The standard InChI is InChI=1S/C14H25N5O.2ClH/c1-2-18-10-6-12(7-11-18)19-13(5-9-16-19)17-14(20)4-3-8-15;;/h5,9,12H,2-4,6-8,10-11,15H2,1H3,(H,17,20);2*1H. The fraction of sp³-hybridized carbons (Fsp3) is 0.714. The van der Waals surface area contributed by atoms with Crippen molar-refractivity contribution >= 4 is 36.5 Å². The Balaban J connectivity index is 0.00000220. The van der Waals surface area contributed by atoms with Crippen molar-refractivity contribution < 1.29 is 4.79 Å². The van der Waals surface area contributed by atoms with E-state index in [9.17, 15) is 4.79 Å². The minimum absolute atomic E-state index is 0. The fourth-order valence-corrected chi connectivity index (χ4v) is 2.65. The van der Waals surface area contributed by atoms with Crippen LogP contribution in [0.15, 0.2) is 12.3 Å². The summed E-state index contributed by atoms with van der Waals surface area (Å²) >= 11 is 0. The Hall–Kier alpha value is -0.820. The van der Waals surface area contributed by atoms with Crippen molar-refractivity contribution in [2.75, 3.05) is 31.5 Å². The zero-order valence-electron chi connectivity index (χ0n) is 13.0. The summed E-state index contributed by atoms with van der Waals surface area (Å²) in [5.41, 5.74) is 5.42. The van der Waals surface area contributed by atoms with Gasteiger partial charge in [-0.25, -0.2) is 4.68 Å². The van der Waals surface area contributed by atoms with Gasteiger partial charge in [0.25, 0.3) is 0 Å². The van der Waals surface area contributed by atoms with E-state index in [1.807, 2.05) is 10.7 Å². The van der Waals surface area contributed by atoms with Gasteiger partial charge in [0.05, 0.1) is 12.2 Å². The molecule has 0 unspecified atom stereocenters. The number of nitrogens with two attached hydrogens (primary N) is 1. The highest BCUT2D eigenvalue weighted by Gasteiger charge is 2.22. The van der Waals surface area contributed by atoms with Crippen LogP contribution in [0.5, 0.6) is 0 Å². The quantitative estimate of drug-likeness (QED) is 0.822. The number of rotatable bonds is 6. The molecule has 1 fully saturated rings. The SMILES string of the molecule is CCN1CCC(n2nccc2NC(=O)CCCN)CC1.Cl.Cl. The van der Waals surface area contributed by atoms with Crippen molar-refractivity contribution in [3.05, 3.63) is 12.3 Å². The molecule has 3 N–H and O–H groups in total. The topological polar surface area (TPSA) is 76.2 Å². The maximum absolute atomic E-state index is 11.8. The van der Waals surface area contributed by atoms with Gasteiger partial charge in [-0.3, -0.25) is 4.79 Å². The second-order valence-electron chi connectivity index (χ2n) is 5.27. The van der Waals surface area contributed by atoms with Gasteiger partial charge in [0.1, 0.15) is 5.82 Å². The van der Waals surface area contributed by atoms with E-state index in [0.29, 0.717) is 19.0 Å². The minimum atomic E-state index is 0. The largest absolute Gasteiger partial charge is 0.330 e. The van der Waals surface area contributed by atoms with Crippen LogP contribution in [-0.2, 0) is 4.79 Å². The second-order valence-corrected chi connectivity index (χ2v) is 5.27. The van der Waals surface area contributed by atoms with Crippen molar-refractivity contribution in [1.29, 1.82) is 0 Å². The predicted octanol–water partition coefficient (Wildman–Crippen LogP) is 2.06. The lowest BCUT2D eigenvalue weighted by Crippen LogP contribution is -2.35. The number of likely N-dealkylation sites (tertiary alicyclic amines) is 1. The molecule has 128 valence electrons. The number of aromatic nitrogens is 2. The van der Waals surface area contributed by atoms with Crippen LogP contribution < -0.4 is 11.1 Å². The van der Waals surface area contributed by atoms with Crippen molar-refractivity contribution in [2.45, 2.75) is 38.6 Å². The van der Waals surface area contributed by atoms with E-state index in [-0.39, 0.29) is 30.7 Å². The van der Waals surface area contributed by atoms with Crippen LogP contribution in [0.25, 0.3) is 0 Å². The molecule has 0 bridgehead atoms. The van der Waals surface area contributed by atoms with E-state index < -0.39 is 0 Å². The Labute approximate surface area is 144 Å². The maximum atomic E-state index is 11.8. The van der Waals surface area contributed by atoms with E-state index >= 15 is 0 Å². The molecular weight excluding hydrogens is 325 g/mol. The number of hydrogen-bond acceptors (Lipinski definition) is 4. The smallest absolute Gasteiger partial charge is 0.225 e. The number of amides is 1. The molecule has 1 aliphatic heterocycles. The first-order valence-corrected chi connectivity index (χ1v) is 7.50. The van der Waals surface area contributed by atoms with Crippen LogP contribution in [-0.4, -0.2) is 46.8 Å². The number of carbonyl (C=O) groups is 1. The summed E-state index contributed by atoms with van der Waals surface area (Å²) < 4.78 is 1.97. The third-order valence-corrected chi connectivity index (χ3v) is 3.90. The van der Waals surface area contributed by atoms with Gasteiger partial charge in [-0.15, -0.1) is 24.8 Å². The average Bonchev–Trinajstić information content (AvgIpc) is 2.93. The molecule has 0 atom stereocenters. The number of nitrogens with zero attached hydrogens (tertiary/aromatic N) is 3. The van der Waals surface area contributed by atoms with Gasteiger partial charge in [-0.2, -0.15) is 5.10 Å². The molecule has 1 aromatic rings. The lowest BCUT2D eigenvalue weighted by atomic mass is 10.1. The third-order valence-electron chi connectivity index (χ3n) is 3.90. The minimum Gasteiger partial charge on any atom is -0.330 e. The monoisotopic (exact) mass is 351 g/mol. The average molecular weight is 352 g/mol. The molecule has 0 radical (unpaired) electrons. The summed E-state index contributed by atoms with van der Waals surface area (Å²) in [6.45, 7) is 6.04. The Bertz CT molecular complexity index is 433. The second kappa shape index (κ2) is 10.8. The zero-order valence-corrected chi connectivity index (χ0v) is 14.7. The summed E-state index contributed by atoms with van der Waals surface area (Å²) in [5, 5.41) is 7.32. The molecule has 2 heterocycles. The number of carbonyl (C=O) groups excluding carboxylic acids is 1. The number of hydrogen-bond donors (Lipinski definition) is 2. The van der Waals surface area contributed by atoms with E-state index in [4.69, 9.17) is 5.73 Å². The van der Waals surface area contributed by atoms with Crippen LogP contribution in [0.3, 0.4) is 0 Å². The molecule has 1 amide bonds. The molecule has 2 rings (SSSR count). The molecule has 1 saturated heterocycles. The first-order valence-electron chi connectivity index (χ1n) is 7.50. The molecule has 6 nitrogen and oxygen atoms in total. The lowest BCUT2D eigenvalue weighted by Gasteiger charge is -2.31. The lowest BCUT2D eigenvalue weighted by molar-refractivity contribution is -0.116. The summed E-state index contributed by atoms with van der Waals surface area (Å²) in [6, 6.07) is 2.25. The summed E-state index contributed by atoms with van der Waals surface area (Å²) in [5.74, 6) is 0.824. The highest BCUT2D eigenvalue weighted by atomic mass is 35.5. The van der Waals surface area contributed by atoms with E-state index in [0.717, 1.165) is 44.7 Å². The van der Waals surface area contributed by atoms with Gasteiger partial charge in [-0.1, -0.05) is 6.92 Å².